The van der Waals surface area contributed by atoms with Crippen LogP contribution in [0.15, 0.2) is 5.38 Å². The van der Waals surface area contributed by atoms with Crippen LogP contribution in [0, 0.1) is 6.92 Å². The standard InChI is InChI=1S/C8H11NO2S.Na/c1-6-5-12-7(9-6)3-2-4-8(10)11;/h5H,2-4H2,1H3,(H,10,11);/q;+1/p-1. The fraction of sp³-hybridized carbons (Fsp3) is 0.500. The number of nitrogens with zero attached hydrogens (tertiary/aromatic N) is 1. The summed E-state index contributed by atoms with van der Waals surface area (Å²) < 4.78 is 0. The van der Waals surface area contributed by atoms with Gasteiger partial charge in [0.15, 0.2) is 0 Å². The van der Waals surface area contributed by atoms with Crippen LogP contribution in [0.2, 0.25) is 0 Å². The third kappa shape index (κ3) is 5.41. The van der Waals surface area contributed by atoms with Crippen molar-refractivity contribution < 1.29 is 39.5 Å². The molecule has 0 N–H and O–H groups in total. The van der Waals surface area contributed by atoms with Crippen LogP contribution in [-0.4, -0.2) is 11.0 Å². The Bertz CT molecular complexity index is 275. The number of carboxylic acid groups (broad SMARTS) is 1. The molecule has 0 saturated heterocycles. The molecule has 1 aromatic rings. The van der Waals surface area contributed by atoms with Crippen LogP contribution in [0.4, 0.5) is 0 Å². The summed E-state index contributed by atoms with van der Waals surface area (Å²) >= 11 is 1.58. The summed E-state index contributed by atoms with van der Waals surface area (Å²) in [6.07, 6.45) is 1.49. The zero-order valence-corrected chi connectivity index (χ0v) is 10.7. The number of carbonyl (C=O) groups excluding carboxylic acids is 1. The number of carbonyl (C=O) groups is 1. The number of thiazole rings is 1. The van der Waals surface area contributed by atoms with Crippen LogP contribution >= 0.6 is 11.3 Å². The third-order valence-electron chi connectivity index (χ3n) is 1.44. The molecule has 66 valence electrons. The van der Waals surface area contributed by atoms with Crippen LogP contribution in [-0.2, 0) is 11.2 Å². The minimum Gasteiger partial charge on any atom is -0.550 e. The van der Waals surface area contributed by atoms with Crippen LogP contribution in [0.3, 0.4) is 0 Å². The summed E-state index contributed by atoms with van der Waals surface area (Å²) in [5, 5.41) is 13.0. The molecule has 1 rings (SSSR count). The van der Waals surface area contributed by atoms with Crippen LogP contribution < -0.4 is 34.7 Å². The summed E-state index contributed by atoms with van der Waals surface area (Å²) in [7, 11) is 0. The van der Waals surface area contributed by atoms with Gasteiger partial charge >= 0.3 is 29.6 Å². The zero-order chi connectivity index (χ0) is 8.97. The molecule has 1 aromatic heterocycles. The summed E-state index contributed by atoms with van der Waals surface area (Å²) in [5.41, 5.74) is 1.00. The molecule has 0 spiro atoms. The SMILES string of the molecule is Cc1csc(CCCC(=O)[O-])n1.[Na+]. The number of rotatable bonds is 4. The fourth-order valence-corrected chi connectivity index (χ4v) is 1.72. The summed E-state index contributed by atoms with van der Waals surface area (Å²) in [5.74, 6) is -0.983. The summed E-state index contributed by atoms with van der Waals surface area (Å²) in [6.45, 7) is 1.93. The average molecular weight is 207 g/mol. The van der Waals surface area contributed by atoms with E-state index in [1.807, 2.05) is 12.3 Å². The number of carboxylic acids is 1. The first-order chi connectivity index (χ1) is 5.68. The second kappa shape index (κ2) is 6.54. The molecule has 0 aliphatic rings. The van der Waals surface area contributed by atoms with Crippen molar-refractivity contribution in [1.29, 1.82) is 0 Å². The second-order valence-corrected chi connectivity index (χ2v) is 3.55. The first-order valence-electron chi connectivity index (χ1n) is 3.79. The molecule has 0 fully saturated rings. The number of aromatic nitrogens is 1. The molecular weight excluding hydrogens is 197 g/mol. The number of aryl methyl sites for hydroxylation is 2. The Hall–Kier alpha value is 0.100. The Kier molecular flexibility index (Phi) is 6.59. The van der Waals surface area contributed by atoms with Crippen molar-refractivity contribution in [2.45, 2.75) is 26.2 Å². The molecule has 0 radical (unpaired) electrons. The van der Waals surface area contributed by atoms with Gasteiger partial charge in [0.05, 0.1) is 5.01 Å². The Balaban J connectivity index is 0.00000144. The molecule has 0 aliphatic carbocycles. The fourth-order valence-electron chi connectivity index (χ4n) is 0.901. The van der Waals surface area contributed by atoms with E-state index in [0.29, 0.717) is 6.42 Å². The van der Waals surface area contributed by atoms with Crippen molar-refractivity contribution in [3.63, 3.8) is 0 Å². The molecule has 5 heteroatoms. The Labute approximate surface area is 103 Å². The quantitative estimate of drug-likeness (QED) is 0.514. The molecule has 1 heterocycles. The molecule has 0 bridgehead atoms. The van der Waals surface area contributed by atoms with Gasteiger partial charge in [0.25, 0.3) is 0 Å². The minimum atomic E-state index is -0.983. The monoisotopic (exact) mass is 207 g/mol. The molecule has 0 aromatic carbocycles. The average Bonchev–Trinajstić information content (AvgIpc) is 2.35. The molecule has 0 saturated carbocycles. The zero-order valence-electron chi connectivity index (χ0n) is 7.87. The van der Waals surface area contributed by atoms with Crippen molar-refractivity contribution in [2.24, 2.45) is 0 Å². The molecule has 0 aliphatic heterocycles. The van der Waals surface area contributed by atoms with E-state index in [-0.39, 0.29) is 36.0 Å². The Morgan fingerprint density at radius 3 is 2.85 bits per heavy atom. The van der Waals surface area contributed by atoms with Crippen molar-refractivity contribution in [2.75, 3.05) is 0 Å². The van der Waals surface area contributed by atoms with E-state index in [2.05, 4.69) is 4.98 Å². The van der Waals surface area contributed by atoms with Crippen LogP contribution in [0.1, 0.15) is 23.5 Å². The molecular formula is C8H10NNaO2S. The van der Waals surface area contributed by atoms with Crippen LogP contribution in [0.5, 0.6) is 0 Å². The van der Waals surface area contributed by atoms with Gasteiger partial charge in [0, 0.05) is 17.0 Å². The number of hydrogen-bond acceptors (Lipinski definition) is 4. The predicted octanol–water partition coefficient (Wildman–Crippen LogP) is -2.47. The summed E-state index contributed by atoms with van der Waals surface area (Å²) in [4.78, 5) is 14.3. The molecule has 3 nitrogen and oxygen atoms in total. The van der Waals surface area contributed by atoms with Gasteiger partial charge in [-0.25, -0.2) is 4.98 Å². The second-order valence-electron chi connectivity index (χ2n) is 2.61. The van der Waals surface area contributed by atoms with Crippen molar-refractivity contribution in [3.05, 3.63) is 16.1 Å². The first kappa shape index (κ1) is 13.1. The van der Waals surface area contributed by atoms with Gasteiger partial charge in [0.2, 0.25) is 0 Å². The van der Waals surface area contributed by atoms with E-state index < -0.39 is 5.97 Å². The minimum absolute atomic E-state index is 0. The Morgan fingerprint density at radius 2 is 2.38 bits per heavy atom. The molecule has 0 amide bonds. The van der Waals surface area contributed by atoms with E-state index >= 15 is 0 Å². The Morgan fingerprint density at radius 1 is 1.69 bits per heavy atom. The smallest absolute Gasteiger partial charge is 0.550 e. The number of hydrogen-bond donors (Lipinski definition) is 0. The van der Waals surface area contributed by atoms with Gasteiger partial charge in [-0.2, -0.15) is 0 Å². The van der Waals surface area contributed by atoms with E-state index in [0.717, 1.165) is 17.1 Å². The maximum absolute atomic E-state index is 10.1. The van der Waals surface area contributed by atoms with Gasteiger partial charge in [-0.05, 0) is 26.2 Å². The topological polar surface area (TPSA) is 53.0 Å². The molecule has 13 heavy (non-hydrogen) atoms. The van der Waals surface area contributed by atoms with Crippen molar-refractivity contribution in [1.82, 2.24) is 4.98 Å². The number of aliphatic carboxylic acids is 1. The van der Waals surface area contributed by atoms with E-state index in [1.54, 1.807) is 11.3 Å². The maximum Gasteiger partial charge on any atom is 1.00 e. The molecule has 0 atom stereocenters. The normalized spacial score (nSPS) is 9.31. The molecule has 0 unspecified atom stereocenters. The van der Waals surface area contributed by atoms with E-state index in [4.69, 9.17) is 0 Å². The van der Waals surface area contributed by atoms with Gasteiger partial charge in [-0.1, -0.05) is 0 Å². The summed E-state index contributed by atoms with van der Waals surface area (Å²) in [6, 6.07) is 0. The van der Waals surface area contributed by atoms with E-state index in [1.165, 1.54) is 0 Å². The van der Waals surface area contributed by atoms with Crippen LogP contribution in [0.25, 0.3) is 0 Å². The van der Waals surface area contributed by atoms with Gasteiger partial charge in [0.1, 0.15) is 0 Å². The van der Waals surface area contributed by atoms with Gasteiger partial charge in [-0.3, -0.25) is 0 Å². The predicted molar refractivity (Wildman–Crippen MR) is 44.8 cm³/mol. The maximum atomic E-state index is 10.1. The van der Waals surface area contributed by atoms with Gasteiger partial charge < -0.3 is 9.90 Å². The van der Waals surface area contributed by atoms with Crippen molar-refractivity contribution >= 4 is 17.3 Å². The van der Waals surface area contributed by atoms with E-state index in [9.17, 15) is 9.90 Å². The first-order valence-corrected chi connectivity index (χ1v) is 4.67. The largest absolute Gasteiger partial charge is 1.00 e. The third-order valence-corrected chi connectivity index (χ3v) is 2.46. The van der Waals surface area contributed by atoms with Gasteiger partial charge in [-0.15, -0.1) is 11.3 Å². The van der Waals surface area contributed by atoms with Crippen molar-refractivity contribution in [3.8, 4) is 0 Å².